The van der Waals surface area contributed by atoms with Gasteiger partial charge in [0.25, 0.3) is 0 Å². The van der Waals surface area contributed by atoms with E-state index in [4.69, 9.17) is 9.47 Å². The second-order valence-electron chi connectivity index (χ2n) is 10.7. The van der Waals surface area contributed by atoms with Gasteiger partial charge in [0.05, 0.1) is 19.9 Å². The first-order valence-corrected chi connectivity index (χ1v) is 13.4. The lowest BCUT2D eigenvalue weighted by Crippen LogP contribution is -2.55. The van der Waals surface area contributed by atoms with Gasteiger partial charge in [0, 0.05) is 29.6 Å². The number of nitrogens with zero attached hydrogens (tertiary/aromatic N) is 1. The summed E-state index contributed by atoms with van der Waals surface area (Å²) in [6.07, 6.45) is 9.88. The number of fused-ring (bicyclic) bond motifs is 1. The highest BCUT2D eigenvalue weighted by Gasteiger charge is 2.53. The topological polar surface area (TPSA) is 62.8 Å². The Kier molecular flexibility index (Phi) is 7.56. The normalized spacial score (nSPS) is 26.4. The maximum Gasteiger partial charge on any atom is 0.319 e. The molecule has 5 rings (SSSR count). The van der Waals surface area contributed by atoms with E-state index < -0.39 is 17.7 Å². The summed E-state index contributed by atoms with van der Waals surface area (Å²) in [5, 5.41) is 5.54. The number of benzene rings is 2. The molecule has 1 aliphatic heterocycles. The summed E-state index contributed by atoms with van der Waals surface area (Å²) in [4.78, 5) is 15.5. The Hall–Kier alpha value is -2.87. The van der Waals surface area contributed by atoms with Gasteiger partial charge in [-0.05, 0) is 74.9 Å². The van der Waals surface area contributed by atoms with Crippen LogP contribution in [0.5, 0.6) is 11.5 Å². The standard InChI is InChI=1S/C29H37F2N3O3/c1-36-25-11-8-19(16-26(25)37-2)29-13-12-21(32-28(35)33-24-17-20(30)9-10-23(24)31)18-27(29)34(15-14-29)22-6-4-3-5-7-22/h8-11,16-17,21-22,27H,3-7,12-15,18H2,1-2H3,(H2,32,33,35)/t21-,27+,29-/m0/s1. The molecular formula is C29H37F2N3O3. The van der Waals surface area contributed by atoms with Crippen LogP contribution in [0.1, 0.15) is 63.4 Å². The zero-order valence-corrected chi connectivity index (χ0v) is 21.7. The summed E-state index contributed by atoms with van der Waals surface area (Å²) in [6.45, 7) is 1.04. The predicted octanol–water partition coefficient (Wildman–Crippen LogP) is 6.00. The van der Waals surface area contributed by atoms with Crippen LogP contribution in [0, 0.1) is 11.6 Å². The fraction of sp³-hybridized carbons (Fsp3) is 0.552. The van der Waals surface area contributed by atoms with Crippen molar-refractivity contribution in [1.82, 2.24) is 10.2 Å². The van der Waals surface area contributed by atoms with Crippen LogP contribution in [0.2, 0.25) is 0 Å². The number of rotatable bonds is 6. The fourth-order valence-electron chi connectivity index (χ4n) is 6.99. The lowest BCUT2D eigenvalue weighted by molar-refractivity contribution is 0.0825. The van der Waals surface area contributed by atoms with Gasteiger partial charge in [-0.15, -0.1) is 0 Å². The minimum atomic E-state index is -0.660. The molecule has 3 atom stereocenters. The van der Waals surface area contributed by atoms with Gasteiger partial charge in [0.2, 0.25) is 0 Å². The number of ether oxygens (including phenoxy) is 2. The summed E-state index contributed by atoms with van der Waals surface area (Å²) in [5.74, 6) is 0.203. The summed E-state index contributed by atoms with van der Waals surface area (Å²) < 4.78 is 38.8. The van der Waals surface area contributed by atoms with Gasteiger partial charge in [-0.25, -0.2) is 13.6 Å². The molecular weight excluding hydrogens is 476 g/mol. The van der Waals surface area contributed by atoms with Crippen molar-refractivity contribution < 1.29 is 23.0 Å². The van der Waals surface area contributed by atoms with Crippen molar-refractivity contribution in [3.63, 3.8) is 0 Å². The van der Waals surface area contributed by atoms with Gasteiger partial charge in [-0.3, -0.25) is 4.90 Å². The van der Waals surface area contributed by atoms with Crippen molar-refractivity contribution in [2.45, 2.75) is 81.3 Å². The molecule has 8 heteroatoms. The number of carbonyl (C=O) groups excluding carboxylic acids is 1. The third-order valence-corrected chi connectivity index (χ3v) is 8.81. The van der Waals surface area contributed by atoms with Crippen molar-refractivity contribution in [3.8, 4) is 11.5 Å². The average Bonchev–Trinajstić information content (AvgIpc) is 3.30. The van der Waals surface area contributed by atoms with Gasteiger partial charge in [-0.2, -0.15) is 0 Å². The van der Waals surface area contributed by atoms with Crippen molar-refractivity contribution in [2.75, 3.05) is 26.1 Å². The van der Waals surface area contributed by atoms with Gasteiger partial charge in [0.15, 0.2) is 11.5 Å². The van der Waals surface area contributed by atoms with E-state index >= 15 is 0 Å². The Morgan fingerprint density at radius 3 is 2.51 bits per heavy atom. The summed E-state index contributed by atoms with van der Waals surface area (Å²) in [5.41, 5.74) is 1.08. The first-order chi connectivity index (χ1) is 17.9. The predicted molar refractivity (Wildman–Crippen MR) is 139 cm³/mol. The van der Waals surface area contributed by atoms with Crippen molar-refractivity contribution in [1.29, 1.82) is 0 Å². The van der Waals surface area contributed by atoms with Crippen LogP contribution in [-0.2, 0) is 5.41 Å². The van der Waals surface area contributed by atoms with E-state index in [0.29, 0.717) is 6.04 Å². The number of methoxy groups -OCH3 is 2. The van der Waals surface area contributed by atoms with Gasteiger partial charge < -0.3 is 20.1 Å². The number of nitrogens with one attached hydrogen (secondary N) is 2. The van der Waals surface area contributed by atoms with Crippen molar-refractivity contribution in [2.24, 2.45) is 0 Å². The number of likely N-dealkylation sites (tertiary alicyclic amines) is 1. The van der Waals surface area contributed by atoms with Crippen LogP contribution in [-0.4, -0.2) is 49.8 Å². The highest BCUT2D eigenvalue weighted by atomic mass is 19.1. The zero-order chi connectivity index (χ0) is 26.0. The second kappa shape index (κ2) is 10.9. The summed E-state index contributed by atoms with van der Waals surface area (Å²) in [7, 11) is 3.32. The number of anilines is 1. The Morgan fingerprint density at radius 2 is 1.76 bits per heavy atom. The minimum Gasteiger partial charge on any atom is -0.493 e. The van der Waals surface area contributed by atoms with E-state index in [0.717, 1.165) is 61.9 Å². The van der Waals surface area contributed by atoms with Crippen LogP contribution >= 0.6 is 0 Å². The molecule has 2 saturated carbocycles. The van der Waals surface area contributed by atoms with Gasteiger partial charge >= 0.3 is 6.03 Å². The molecule has 0 radical (unpaired) electrons. The second-order valence-corrected chi connectivity index (χ2v) is 10.7. The number of halogens is 2. The third-order valence-electron chi connectivity index (χ3n) is 8.81. The number of amides is 2. The first-order valence-electron chi connectivity index (χ1n) is 13.4. The maximum atomic E-state index is 14.1. The highest BCUT2D eigenvalue weighted by molar-refractivity contribution is 5.89. The quantitative estimate of drug-likeness (QED) is 0.497. The molecule has 3 aliphatic rings. The highest BCUT2D eigenvalue weighted by Crippen LogP contribution is 2.51. The molecule has 0 unspecified atom stereocenters. The Morgan fingerprint density at radius 1 is 0.973 bits per heavy atom. The van der Waals surface area contributed by atoms with E-state index in [9.17, 15) is 13.6 Å². The lowest BCUT2D eigenvalue weighted by atomic mass is 9.64. The van der Waals surface area contributed by atoms with Gasteiger partial charge in [-0.1, -0.05) is 25.3 Å². The average molecular weight is 514 g/mol. The molecule has 0 bridgehead atoms. The van der Waals surface area contributed by atoms with Crippen molar-refractivity contribution >= 4 is 11.7 Å². The molecule has 2 N–H and O–H groups in total. The van der Waals surface area contributed by atoms with E-state index in [2.05, 4.69) is 27.7 Å². The van der Waals surface area contributed by atoms with E-state index in [1.54, 1.807) is 14.2 Å². The largest absolute Gasteiger partial charge is 0.493 e. The number of urea groups is 1. The molecule has 6 nitrogen and oxygen atoms in total. The van der Waals surface area contributed by atoms with Crippen LogP contribution < -0.4 is 20.1 Å². The molecule has 37 heavy (non-hydrogen) atoms. The van der Waals surface area contributed by atoms with E-state index in [1.807, 2.05) is 6.07 Å². The maximum absolute atomic E-state index is 14.1. The fourth-order valence-corrected chi connectivity index (χ4v) is 6.99. The monoisotopic (exact) mass is 513 g/mol. The Balaban J connectivity index is 1.38. The van der Waals surface area contributed by atoms with Crippen LogP contribution in [0.3, 0.4) is 0 Å². The number of hydrogen-bond acceptors (Lipinski definition) is 4. The lowest BCUT2D eigenvalue weighted by Gasteiger charge is -2.47. The number of hydrogen-bond donors (Lipinski definition) is 2. The van der Waals surface area contributed by atoms with E-state index in [1.165, 1.54) is 37.7 Å². The zero-order valence-electron chi connectivity index (χ0n) is 21.7. The molecule has 3 fully saturated rings. The molecule has 2 amide bonds. The van der Waals surface area contributed by atoms with E-state index in [-0.39, 0.29) is 23.2 Å². The Bertz CT molecular complexity index is 1120. The molecule has 1 saturated heterocycles. The molecule has 2 aliphatic carbocycles. The van der Waals surface area contributed by atoms with Crippen LogP contribution in [0.15, 0.2) is 36.4 Å². The van der Waals surface area contributed by atoms with Crippen LogP contribution in [0.25, 0.3) is 0 Å². The molecule has 0 aromatic heterocycles. The molecule has 1 heterocycles. The van der Waals surface area contributed by atoms with Crippen molar-refractivity contribution in [3.05, 3.63) is 53.6 Å². The summed E-state index contributed by atoms with van der Waals surface area (Å²) in [6, 6.07) is 9.63. The third kappa shape index (κ3) is 5.13. The summed E-state index contributed by atoms with van der Waals surface area (Å²) >= 11 is 0. The molecule has 200 valence electrons. The number of carbonyl (C=O) groups is 1. The van der Waals surface area contributed by atoms with Crippen LogP contribution in [0.4, 0.5) is 19.3 Å². The minimum absolute atomic E-state index is 0.0275. The smallest absolute Gasteiger partial charge is 0.319 e. The first kappa shape index (κ1) is 25.8. The SMILES string of the molecule is COc1ccc([C@@]23CC[C@H](NC(=O)Nc4cc(F)ccc4F)C[C@H]2N(C2CCCCC2)CC3)cc1OC. The molecule has 2 aromatic carbocycles. The Labute approximate surface area is 217 Å². The molecule has 0 spiro atoms. The molecule has 2 aromatic rings. The van der Waals surface area contributed by atoms with Gasteiger partial charge in [0.1, 0.15) is 11.6 Å².